The van der Waals surface area contributed by atoms with Crippen LogP contribution in [0.4, 0.5) is 34.5 Å². The Balaban J connectivity index is 1.39. The number of carboxylic acids is 1. The minimum Gasteiger partial charge on any atom is -0.508 e. The van der Waals surface area contributed by atoms with Crippen LogP contribution in [0.25, 0.3) is 0 Å². The lowest BCUT2D eigenvalue weighted by molar-refractivity contribution is 0.0115. The number of phenols is 1. The van der Waals surface area contributed by atoms with Gasteiger partial charge in [-0.25, -0.2) is 18.2 Å². The molecule has 0 amide bonds. The quantitative estimate of drug-likeness (QED) is 0.225. The first kappa shape index (κ1) is 32.5. The van der Waals surface area contributed by atoms with Crippen molar-refractivity contribution in [3.63, 3.8) is 0 Å². The third-order valence-corrected chi connectivity index (χ3v) is 9.75. The van der Waals surface area contributed by atoms with Gasteiger partial charge in [-0.05, 0) is 47.0 Å². The van der Waals surface area contributed by atoms with Gasteiger partial charge in [0.25, 0.3) is 0 Å². The Morgan fingerprint density at radius 2 is 1.82 bits per heavy atom. The summed E-state index contributed by atoms with van der Waals surface area (Å²) in [5, 5.41) is 26.3. The fourth-order valence-corrected chi connectivity index (χ4v) is 6.31. The summed E-state index contributed by atoms with van der Waals surface area (Å²) >= 11 is 3.42. The first-order valence-electron chi connectivity index (χ1n) is 14.3. The van der Waals surface area contributed by atoms with Gasteiger partial charge in [-0.2, -0.15) is 4.98 Å². The maximum Gasteiger partial charge on any atom is 0.337 e. The largest absolute Gasteiger partial charge is 0.508 e. The Labute approximate surface area is 270 Å². The van der Waals surface area contributed by atoms with Crippen LogP contribution in [-0.2, 0) is 14.8 Å². The number of piperidine rings is 1. The highest BCUT2D eigenvalue weighted by Crippen LogP contribution is 2.38. The summed E-state index contributed by atoms with van der Waals surface area (Å²) < 4.78 is 37.1. The van der Waals surface area contributed by atoms with E-state index in [0.29, 0.717) is 39.1 Å². The van der Waals surface area contributed by atoms with Crippen molar-refractivity contribution < 1.29 is 32.9 Å². The number of nitrogens with one attached hydrogen (secondary N) is 2. The number of hydrogen-bond donors (Lipinski definition) is 4. The van der Waals surface area contributed by atoms with Gasteiger partial charge < -0.3 is 35.2 Å². The number of nitrogens with zero attached hydrogens (tertiary/aromatic N) is 5. The van der Waals surface area contributed by atoms with Crippen molar-refractivity contribution in [3.05, 3.63) is 46.6 Å². The third kappa shape index (κ3) is 7.52. The molecule has 0 unspecified atom stereocenters. The molecule has 0 atom stereocenters. The monoisotopic (exact) mass is 705 g/mol. The van der Waals surface area contributed by atoms with E-state index in [0.717, 1.165) is 62.8 Å². The fraction of sp³-hybridized carbons (Fsp3) is 0.414. The minimum absolute atomic E-state index is 0.110. The molecule has 0 aliphatic carbocycles. The van der Waals surface area contributed by atoms with Crippen LogP contribution in [0.2, 0.25) is 0 Å². The highest BCUT2D eigenvalue weighted by molar-refractivity contribution is 9.10. The average Bonchev–Trinajstić information content (AvgIpc) is 3.03. The number of carbonyl (C=O) groups is 1. The van der Waals surface area contributed by atoms with Crippen molar-refractivity contribution in [1.29, 1.82) is 0 Å². The fourth-order valence-electron chi connectivity index (χ4n) is 5.51. The van der Waals surface area contributed by atoms with E-state index >= 15 is 0 Å². The Morgan fingerprint density at radius 3 is 2.47 bits per heavy atom. The summed E-state index contributed by atoms with van der Waals surface area (Å²) in [6, 6.07) is 7.95. The number of aromatic carboxylic acids is 1. The number of halogens is 1. The van der Waals surface area contributed by atoms with E-state index in [1.54, 1.807) is 6.07 Å². The zero-order valence-corrected chi connectivity index (χ0v) is 27.6. The lowest BCUT2D eigenvalue weighted by Gasteiger charge is -2.41. The minimum atomic E-state index is -3.63. The summed E-state index contributed by atoms with van der Waals surface area (Å²) in [6.45, 7) is 4.76. The first-order valence-corrected chi connectivity index (χ1v) is 16.9. The summed E-state index contributed by atoms with van der Waals surface area (Å²) in [5.41, 5.74) is 1.63. The number of aromatic nitrogens is 2. The Bertz CT molecular complexity index is 1660. The number of aromatic hydroxyl groups is 1. The standard InChI is InChI=1S/C29H36BrN7O7S/c1-35(45(3,41)42)25-14-19(38)4-5-22(25)32-27-21(30)17-31-29(34-27)33-23-15-20(28(39)40)24(16-26(23)43-2)37-8-6-18(7-9-37)36-10-12-44-13-11-36/h4-5,14-18,38H,6-13H2,1-3H3,(H,39,40)(H2,31,32,33,34). The number of rotatable bonds is 10. The molecule has 4 N–H and O–H groups in total. The molecule has 2 aromatic carbocycles. The predicted octanol–water partition coefficient (Wildman–Crippen LogP) is 3.84. The van der Waals surface area contributed by atoms with Gasteiger partial charge in [0.1, 0.15) is 17.3 Å². The SMILES string of the molecule is COc1cc(N2CCC(N3CCOCC3)CC2)c(C(=O)O)cc1Nc1ncc(Br)c(Nc2ccc(O)cc2N(C)S(C)(=O)=O)n1. The highest BCUT2D eigenvalue weighted by Gasteiger charge is 2.29. The molecule has 0 bridgehead atoms. The van der Waals surface area contributed by atoms with Crippen molar-refractivity contribution in [2.24, 2.45) is 0 Å². The summed E-state index contributed by atoms with van der Waals surface area (Å²) in [4.78, 5) is 25.8. The summed E-state index contributed by atoms with van der Waals surface area (Å²) in [7, 11) is -0.748. The molecule has 16 heteroatoms. The molecular formula is C29H36BrN7O7S. The molecule has 2 aliphatic rings. The molecule has 2 fully saturated rings. The smallest absolute Gasteiger partial charge is 0.337 e. The molecule has 5 rings (SSSR count). The molecule has 0 spiro atoms. The van der Waals surface area contributed by atoms with Crippen LogP contribution in [0.15, 0.2) is 41.0 Å². The number of ether oxygens (including phenoxy) is 2. The number of carboxylic acid groups (broad SMARTS) is 1. The molecule has 3 heterocycles. The van der Waals surface area contributed by atoms with Gasteiger partial charge in [-0.1, -0.05) is 0 Å². The highest BCUT2D eigenvalue weighted by atomic mass is 79.9. The van der Waals surface area contributed by atoms with E-state index < -0.39 is 16.0 Å². The maximum absolute atomic E-state index is 12.4. The van der Waals surface area contributed by atoms with Crippen LogP contribution in [-0.4, -0.2) is 105 Å². The van der Waals surface area contributed by atoms with Crippen molar-refractivity contribution >= 4 is 66.4 Å². The first-order chi connectivity index (χ1) is 21.4. The molecule has 2 saturated heterocycles. The second-order valence-corrected chi connectivity index (χ2v) is 13.7. The predicted molar refractivity (Wildman–Crippen MR) is 175 cm³/mol. The molecule has 2 aliphatic heterocycles. The number of sulfonamides is 1. The third-order valence-electron chi connectivity index (χ3n) is 7.98. The van der Waals surface area contributed by atoms with E-state index in [1.807, 2.05) is 0 Å². The van der Waals surface area contributed by atoms with E-state index in [4.69, 9.17) is 9.47 Å². The number of morpholine rings is 1. The van der Waals surface area contributed by atoms with Gasteiger partial charge in [-0.15, -0.1) is 0 Å². The average molecular weight is 707 g/mol. The van der Waals surface area contributed by atoms with Crippen LogP contribution in [0.1, 0.15) is 23.2 Å². The molecule has 1 aromatic heterocycles. The summed E-state index contributed by atoms with van der Waals surface area (Å²) in [6.07, 6.45) is 4.40. The van der Waals surface area contributed by atoms with Crippen LogP contribution >= 0.6 is 15.9 Å². The van der Waals surface area contributed by atoms with Gasteiger partial charge in [0.15, 0.2) is 0 Å². The molecule has 45 heavy (non-hydrogen) atoms. The lowest BCUT2D eigenvalue weighted by Crippen LogP contribution is -2.49. The maximum atomic E-state index is 12.4. The van der Waals surface area contributed by atoms with Crippen molar-refractivity contribution in [3.8, 4) is 11.5 Å². The Morgan fingerprint density at radius 1 is 1.11 bits per heavy atom. The molecule has 0 radical (unpaired) electrons. The number of anilines is 6. The molecule has 242 valence electrons. The number of methoxy groups -OCH3 is 1. The van der Waals surface area contributed by atoms with E-state index in [9.17, 15) is 23.4 Å². The van der Waals surface area contributed by atoms with Crippen LogP contribution in [0.5, 0.6) is 11.5 Å². The van der Waals surface area contributed by atoms with E-state index in [-0.39, 0.29) is 22.9 Å². The molecular weight excluding hydrogens is 670 g/mol. The number of hydrogen-bond acceptors (Lipinski definition) is 12. The van der Waals surface area contributed by atoms with Gasteiger partial charge in [0.05, 0.1) is 59.4 Å². The Kier molecular flexibility index (Phi) is 9.86. The van der Waals surface area contributed by atoms with Crippen molar-refractivity contribution in [2.75, 3.05) is 79.6 Å². The normalized spacial score (nSPS) is 16.3. The van der Waals surface area contributed by atoms with Crippen molar-refractivity contribution in [1.82, 2.24) is 14.9 Å². The van der Waals surface area contributed by atoms with Crippen LogP contribution < -0.4 is 24.6 Å². The van der Waals surface area contributed by atoms with Crippen LogP contribution in [0, 0.1) is 0 Å². The van der Waals surface area contributed by atoms with Gasteiger partial charge in [0.2, 0.25) is 16.0 Å². The second kappa shape index (κ2) is 13.6. The number of phenolic OH excluding ortho intramolecular Hbond substituents is 1. The van der Waals surface area contributed by atoms with Crippen molar-refractivity contribution in [2.45, 2.75) is 18.9 Å². The summed E-state index contributed by atoms with van der Waals surface area (Å²) in [5.74, 6) is -0.340. The van der Waals surface area contributed by atoms with E-state index in [2.05, 4.69) is 46.3 Å². The molecule has 3 aromatic rings. The van der Waals surface area contributed by atoms with Crippen LogP contribution in [0.3, 0.4) is 0 Å². The van der Waals surface area contributed by atoms with Gasteiger partial charge in [-0.3, -0.25) is 9.21 Å². The van der Waals surface area contributed by atoms with Gasteiger partial charge >= 0.3 is 5.97 Å². The zero-order chi connectivity index (χ0) is 32.3. The lowest BCUT2D eigenvalue weighted by atomic mass is 10.0. The molecule has 0 saturated carbocycles. The zero-order valence-electron chi connectivity index (χ0n) is 25.2. The van der Waals surface area contributed by atoms with E-state index in [1.165, 1.54) is 44.6 Å². The second-order valence-electron chi connectivity index (χ2n) is 10.8. The molecule has 14 nitrogen and oxygen atoms in total. The topological polar surface area (TPSA) is 170 Å². The number of benzene rings is 2. The Hall–Kier alpha value is -3.86. The van der Waals surface area contributed by atoms with Gasteiger partial charge in [0, 0.05) is 57.6 Å².